The molecule has 1 aromatic carbocycles. The Labute approximate surface area is 144 Å². The normalized spacial score (nSPS) is 10.7. The van der Waals surface area contributed by atoms with E-state index in [4.69, 9.17) is 16.3 Å². The molecule has 0 saturated heterocycles. The standard InChI is InChI=1S/C15H19ClN4O2S/c1-11-8-12(16)4-5-13(11)18-14(21)9-23-15-19-17-10-20(15)6-3-7-22-2/h4-5,8,10H,3,6-7,9H2,1-2H3,(H,18,21). The molecule has 0 radical (unpaired) electrons. The lowest BCUT2D eigenvalue weighted by Gasteiger charge is -2.09. The van der Waals surface area contributed by atoms with Crippen LogP contribution < -0.4 is 5.32 Å². The molecule has 1 aromatic heterocycles. The van der Waals surface area contributed by atoms with Gasteiger partial charge in [0.25, 0.3) is 0 Å². The molecule has 124 valence electrons. The number of ether oxygens (including phenoxy) is 1. The highest BCUT2D eigenvalue weighted by Gasteiger charge is 2.10. The third-order valence-corrected chi connectivity index (χ3v) is 4.34. The summed E-state index contributed by atoms with van der Waals surface area (Å²) in [6.07, 6.45) is 2.54. The van der Waals surface area contributed by atoms with Gasteiger partial charge in [-0.15, -0.1) is 10.2 Å². The van der Waals surface area contributed by atoms with Gasteiger partial charge in [0.2, 0.25) is 5.91 Å². The second-order valence-corrected chi connectivity index (χ2v) is 6.33. The Bertz CT molecular complexity index is 663. The monoisotopic (exact) mass is 354 g/mol. The number of nitrogens with one attached hydrogen (secondary N) is 1. The van der Waals surface area contributed by atoms with Crippen LogP contribution in [0.2, 0.25) is 5.02 Å². The van der Waals surface area contributed by atoms with E-state index in [2.05, 4.69) is 15.5 Å². The van der Waals surface area contributed by atoms with E-state index in [0.29, 0.717) is 11.6 Å². The fraction of sp³-hybridized carbons (Fsp3) is 0.400. The van der Waals surface area contributed by atoms with Crippen molar-refractivity contribution < 1.29 is 9.53 Å². The maximum Gasteiger partial charge on any atom is 0.234 e. The Balaban J connectivity index is 1.86. The molecular weight excluding hydrogens is 336 g/mol. The van der Waals surface area contributed by atoms with Gasteiger partial charge in [-0.05, 0) is 37.1 Å². The van der Waals surface area contributed by atoms with Crippen LogP contribution in [-0.4, -0.2) is 40.1 Å². The molecule has 0 atom stereocenters. The molecule has 2 aromatic rings. The van der Waals surface area contributed by atoms with E-state index < -0.39 is 0 Å². The fourth-order valence-corrected chi connectivity index (χ4v) is 2.94. The number of carbonyl (C=O) groups is 1. The number of aromatic nitrogens is 3. The number of hydrogen-bond acceptors (Lipinski definition) is 5. The zero-order chi connectivity index (χ0) is 16.7. The van der Waals surface area contributed by atoms with Gasteiger partial charge >= 0.3 is 0 Å². The summed E-state index contributed by atoms with van der Waals surface area (Å²) in [6, 6.07) is 5.37. The summed E-state index contributed by atoms with van der Waals surface area (Å²) in [5.74, 6) is 0.178. The molecule has 0 saturated carbocycles. The summed E-state index contributed by atoms with van der Waals surface area (Å²) >= 11 is 7.27. The topological polar surface area (TPSA) is 69.0 Å². The van der Waals surface area contributed by atoms with Crippen LogP contribution in [0.5, 0.6) is 0 Å². The van der Waals surface area contributed by atoms with Crippen LogP contribution in [0.25, 0.3) is 0 Å². The Morgan fingerprint density at radius 2 is 2.30 bits per heavy atom. The van der Waals surface area contributed by atoms with Gasteiger partial charge in [0.15, 0.2) is 5.16 Å². The number of thioether (sulfide) groups is 1. The van der Waals surface area contributed by atoms with Gasteiger partial charge < -0.3 is 14.6 Å². The second kappa shape index (κ2) is 8.90. The van der Waals surface area contributed by atoms with E-state index in [1.807, 2.05) is 17.6 Å². The number of anilines is 1. The van der Waals surface area contributed by atoms with Gasteiger partial charge in [-0.2, -0.15) is 0 Å². The average molecular weight is 355 g/mol. The van der Waals surface area contributed by atoms with Gasteiger partial charge in [0.1, 0.15) is 6.33 Å². The minimum atomic E-state index is -0.0909. The lowest BCUT2D eigenvalue weighted by molar-refractivity contribution is -0.113. The molecule has 0 aliphatic carbocycles. The highest BCUT2D eigenvalue weighted by molar-refractivity contribution is 7.99. The largest absolute Gasteiger partial charge is 0.385 e. The third kappa shape index (κ3) is 5.53. The number of nitrogens with zero attached hydrogens (tertiary/aromatic N) is 3. The summed E-state index contributed by atoms with van der Waals surface area (Å²) in [5.41, 5.74) is 1.69. The zero-order valence-electron chi connectivity index (χ0n) is 13.1. The number of aryl methyl sites for hydroxylation is 2. The summed E-state index contributed by atoms with van der Waals surface area (Å²) < 4.78 is 6.95. The lowest BCUT2D eigenvalue weighted by atomic mass is 10.2. The summed E-state index contributed by atoms with van der Waals surface area (Å²) in [6.45, 7) is 3.35. The molecule has 6 nitrogen and oxygen atoms in total. The molecule has 1 amide bonds. The molecule has 1 N–H and O–H groups in total. The van der Waals surface area contributed by atoms with Crippen molar-refractivity contribution in [3.8, 4) is 0 Å². The van der Waals surface area contributed by atoms with Crippen molar-refractivity contribution in [2.45, 2.75) is 25.0 Å². The van der Waals surface area contributed by atoms with Gasteiger partial charge in [0.05, 0.1) is 5.75 Å². The number of amides is 1. The van der Waals surface area contributed by atoms with E-state index in [-0.39, 0.29) is 11.7 Å². The summed E-state index contributed by atoms with van der Waals surface area (Å²) in [4.78, 5) is 12.1. The number of benzene rings is 1. The van der Waals surface area contributed by atoms with Crippen molar-refractivity contribution in [3.63, 3.8) is 0 Å². The zero-order valence-corrected chi connectivity index (χ0v) is 14.7. The van der Waals surface area contributed by atoms with Crippen molar-refractivity contribution in [2.24, 2.45) is 0 Å². The van der Waals surface area contributed by atoms with E-state index in [9.17, 15) is 4.79 Å². The molecule has 0 bridgehead atoms. The first-order valence-corrected chi connectivity index (χ1v) is 8.52. The average Bonchev–Trinajstić information content (AvgIpc) is 2.96. The second-order valence-electron chi connectivity index (χ2n) is 4.95. The van der Waals surface area contributed by atoms with Crippen LogP contribution >= 0.6 is 23.4 Å². The molecule has 0 unspecified atom stereocenters. The molecular formula is C15H19ClN4O2S. The van der Waals surface area contributed by atoms with E-state index in [1.165, 1.54) is 11.8 Å². The number of carbonyl (C=O) groups excluding carboxylic acids is 1. The van der Waals surface area contributed by atoms with Gasteiger partial charge in [-0.3, -0.25) is 4.79 Å². The Hall–Kier alpha value is -1.57. The summed E-state index contributed by atoms with van der Waals surface area (Å²) in [7, 11) is 1.67. The highest BCUT2D eigenvalue weighted by Crippen LogP contribution is 2.21. The Morgan fingerprint density at radius 1 is 1.48 bits per heavy atom. The number of halogens is 1. The van der Waals surface area contributed by atoms with Crippen LogP contribution in [0.3, 0.4) is 0 Å². The molecule has 0 aliphatic heterocycles. The Kier molecular flexibility index (Phi) is 6.88. The Morgan fingerprint density at radius 3 is 3.04 bits per heavy atom. The van der Waals surface area contributed by atoms with Crippen molar-refractivity contribution >= 4 is 35.0 Å². The molecule has 0 aliphatic rings. The van der Waals surface area contributed by atoms with Gasteiger partial charge in [-0.25, -0.2) is 0 Å². The van der Waals surface area contributed by atoms with Crippen LogP contribution in [0.1, 0.15) is 12.0 Å². The van der Waals surface area contributed by atoms with Crippen LogP contribution in [0.4, 0.5) is 5.69 Å². The minimum Gasteiger partial charge on any atom is -0.385 e. The third-order valence-electron chi connectivity index (χ3n) is 3.12. The molecule has 2 rings (SSSR count). The number of methoxy groups -OCH3 is 1. The van der Waals surface area contributed by atoms with E-state index in [1.54, 1.807) is 25.6 Å². The smallest absolute Gasteiger partial charge is 0.234 e. The molecule has 8 heteroatoms. The van der Waals surface area contributed by atoms with Crippen molar-refractivity contribution in [1.29, 1.82) is 0 Å². The van der Waals surface area contributed by atoms with Gasteiger partial charge in [0, 0.05) is 31.0 Å². The van der Waals surface area contributed by atoms with Crippen molar-refractivity contribution in [3.05, 3.63) is 35.1 Å². The number of hydrogen-bond donors (Lipinski definition) is 1. The van der Waals surface area contributed by atoms with Crippen LogP contribution in [0, 0.1) is 6.92 Å². The molecule has 0 spiro atoms. The minimum absolute atomic E-state index is 0.0909. The lowest BCUT2D eigenvalue weighted by Crippen LogP contribution is -2.15. The SMILES string of the molecule is COCCCn1cnnc1SCC(=O)Nc1ccc(Cl)cc1C. The molecule has 1 heterocycles. The highest BCUT2D eigenvalue weighted by atomic mass is 35.5. The van der Waals surface area contributed by atoms with Crippen molar-refractivity contribution in [2.75, 3.05) is 24.8 Å². The summed E-state index contributed by atoms with van der Waals surface area (Å²) in [5, 5.41) is 12.2. The predicted molar refractivity (Wildman–Crippen MR) is 92.1 cm³/mol. The molecule has 23 heavy (non-hydrogen) atoms. The van der Waals surface area contributed by atoms with E-state index >= 15 is 0 Å². The predicted octanol–water partition coefficient (Wildman–Crippen LogP) is 3.01. The van der Waals surface area contributed by atoms with Crippen LogP contribution in [0.15, 0.2) is 29.7 Å². The first kappa shape index (κ1) is 17.8. The maximum absolute atomic E-state index is 12.1. The first-order chi connectivity index (χ1) is 11.1. The first-order valence-electron chi connectivity index (χ1n) is 7.15. The number of rotatable bonds is 8. The van der Waals surface area contributed by atoms with Gasteiger partial charge in [-0.1, -0.05) is 23.4 Å². The quantitative estimate of drug-likeness (QED) is 0.583. The van der Waals surface area contributed by atoms with Crippen LogP contribution in [-0.2, 0) is 16.1 Å². The fourth-order valence-electron chi connectivity index (χ4n) is 1.97. The van der Waals surface area contributed by atoms with Crippen molar-refractivity contribution in [1.82, 2.24) is 14.8 Å². The maximum atomic E-state index is 12.1. The molecule has 0 fully saturated rings. The van der Waals surface area contributed by atoms with E-state index in [0.717, 1.165) is 29.4 Å².